The Kier molecular flexibility index (Phi) is 12.8. The molecule has 3 amide bonds. The highest BCUT2D eigenvalue weighted by Gasteiger charge is 2.19. The van der Waals surface area contributed by atoms with Gasteiger partial charge < -0.3 is 34.5 Å². The summed E-state index contributed by atoms with van der Waals surface area (Å²) < 4.78 is 22.2. The minimum Gasteiger partial charge on any atom is -0.495 e. The molecule has 2 N–H and O–H groups in total. The van der Waals surface area contributed by atoms with Crippen LogP contribution in [0.2, 0.25) is 0 Å². The smallest absolute Gasteiger partial charge is 0.338 e. The average molecular weight is 633 g/mol. The number of anilines is 2. The van der Waals surface area contributed by atoms with E-state index in [9.17, 15) is 14.4 Å². The van der Waals surface area contributed by atoms with Crippen LogP contribution in [0.15, 0.2) is 66.7 Å². The Balaban J connectivity index is 1.37. The zero-order chi connectivity index (χ0) is 32.9. The first-order valence-electron chi connectivity index (χ1n) is 15.5. The average Bonchev–Trinajstić information content (AvgIpc) is 3.04. The number of aryl methyl sites for hydroxylation is 1. The predicted octanol–water partition coefficient (Wildman–Crippen LogP) is 5.00. The summed E-state index contributed by atoms with van der Waals surface area (Å²) in [4.78, 5) is 42.5. The van der Waals surface area contributed by atoms with Crippen LogP contribution in [-0.4, -0.2) is 93.5 Å². The zero-order valence-electron chi connectivity index (χ0n) is 27.0. The predicted molar refractivity (Wildman–Crippen MR) is 177 cm³/mol. The van der Waals surface area contributed by atoms with E-state index >= 15 is 0 Å². The van der Waals surface area contributed by atoms with E-state index in [1.54, 1.807) is 55.1 Å². The summed E-state index contributed by atoms with van der Waals surface area (Å²) in [6, 6.07) is 19.2. The normalized spacial score (nSPS) is 13.2. The number of nitrogens with one attached hydrogen (secondary N) is 2. The van der Waals surface area contributed by atoms with E-state index in [0.29, 0.717) is 54.7 Å². The Hall–Kier alpha value is -4.61. The number of carbonyl (C=O) groups excluding carboxylic acids is 3. The number of morpholine rings is 1. The largest absolute Gasteiger partial charge is 0.495 e. The van der Waals surface area contributed by atoms with Gasteiger partial charge in [-0.05, 0) is 74.4 Å². The molecule has 11 heteroatoms. The number of amides is 3. The van der Waals surface area contributed by atoms with Gasteiger partial charge in [-0.25, -0.2) is 9.59 Å². The Morgan fingerprint density at radius 2 is 1.65 bits per heavy atom. The fourth-order valence-corrected chi connectivity index (χ4v) is 4.92. The number of hydrogen-bond acceptors (Lipinski definition) is 8. The molecule has 1 fully saturated rings. The molecule has 0 spiro atoms. The number of carbonyl (C=O) groups is 3. The van der Waals surface area contributed by atoms with Gasteiger partial charge in [0.05, 0.1) is 50.6 Å². The third-order valence-corrected chi connectivity index (χ3v) is 7.47. The number of ether oxygens (including phenoxy) is 4. The fraction of sp³-hybridized carbons (Fsp3) is 0.400. The van der Waals surface area contributed by atoms with Crippen molar-refractivity contribution >= 4 is 29.3 Å². The fourth-order valence-electron chi connectivity index (χ4n) is 4.92. The molecule has 46 heavy (non-hydrogen) atoms. The van der Waals surface area contributed by atoms with Gasteiger partial charge in [0.25, 0.3) is 0 Å². The van der Waals surface area contributed by atoms with Crippen molar-refractivity contribution in [2.24, 2.45) is 0 Å². The van der Waals surface area contributed by atoms with E-state index in [4.69, 9.17) is 18.9 Å². The highest BCUT2D eigenvalue weighted by Crippen LogP contribution is 2.27. The van der Waals surface area contributed by atoms with Crippen molar-refractivity contribution in [1.82, 2.24) is 9.80 Å². The molecule has 0 bridgehead atoms. The van der Waals surface area contributed by atoms with Crippen LogP contribution in [0.1, 0.15) is 35.3 Å². The van der Waals surface area contributed by atoms with Crippen LogP contribution >= 0.6 is 0 Å². The van der Waals surface area contributed by atoms with Gasteiger partial charge in [-0.2, -0.15) is 0 Å². The molecule has 4 rings (SSSR count). The number of methoxy groups -OCH3 is 1. The minimum atomic E-state index is -0.393. The highest BCUT2D eigenvalue weighted by molar-refractivity contribution is 6.01. The first-order chi connectivity index (χ1) is 22.2. The van der Waals surface area contributed by atoms with Crippen LogP contribution < -0.4 is 20.1 Å². The van der Waals surface area contributed by atoms with Crippen molar-refractivity contribution in [1.29, 1.82) is 0 Å². The van der Waals surface area contributed by atoms with E-state index in [0.717, 1.165) is 30.8 Å². The standard InChI is InChI=1S/C35H44N4O7/c1-25(2)46-34(41)28-10-12-29(13-11-28)45-22-19-39(16-15-38-17-20-44-21-18-38)33(40)24-27-9-14-31(32(23-27)43-4)37-35(42)36-30-8-6-5-7-26(30)3/h5-14,23,25H,15-22,24H2,1-4H3,(H2,36,37,42). The maximum atomic E-state index is 13.6. The molecule has 0 saturated carbocycles. The monoisotopic (exact) mass is 632 g/mol. The SMILES string of the molecule is COc1cc(CC(=O)N(CCOc2ccc(C(=O)OC(C)C)cc2)CCN2CCOCC2)ccc1NC(=O)Nc1ccccc1C. The second-order valence-electron chi connectivity index (χ2n) is 11.3. The van der Waals surface area contributed by atoms with E-state index in [-0.39, 0.29) is 31.0 Å². The summed E-state index contributed by atoms with van der Waals surface area (Å²) in [6.07, 6.45) is -0.0436. The summed E-state index contributed by atoms with van der Waals surface area (Å²) in [6.45, 7) is 10.5. The lowest BCUT2D eigenvalue weighted by Crippen LogP contribution is -2.44. The van der Waals surface area contributed by atoms with Crippen molar-refractivity contribution in [2.75, 3.05) is 70.3 Å². The first kappa shape index (κ1) is 34.3. The molecular weight excluding hydrogens is 588 g/mol. The van der Waals surface area contributed by atoms with Crippen LogP contribution in [0.25, 0.3) is 0 Å². The van der Waals surface area contributed by atoms with Gasteiger partial charge in [0, 0.05) is 31.9 Å². The summed E-state index contributed by atoms with van der Waals surface area (Å²) in [5, 5.41) is 5.68. The minimum absolute atomic E-state index is 0.0521. The highest BCUT2D eigenvalue weighted by atomic mass is 16.5. The number of rotatable bonds is 14. The third kappa shape index (κ3) is 10.5. The number of hydrogen-bond donors (Lipinski definition) is 2. The van der Waals surface area contributed by atoms with Crippen molar-refractivity contribution in [3.05, 3.63) is 83.4 Å². The molecule has 1 saturated heterocycles. The topological polar surface area (TPSA) is 119 Å². The number of nitrogens with zero attached hydrogens (tertiary/aromatic N) is 2. The van der Waals surface area contributed by atoms with E-state index < -0.39 is 6.03 Å². The number of benzene rings is 3. The molecule has 3 aromatic carbocycles. The van der Waals surface area contributed by atoms with Crippen LogP contribution in [-0.2, 0) is 20.7 Å². The maximum Gasteiger partial charge on any atom is 0.338 e. The second-order valence-corrected chi connectivity index (χ2v) is 11.3. The van der Waals surface area contributed by atoms with Gasteiger partial charge in [-0.3, -0.25) is 9.69 Å². The zero-order valence-corrected chi connectivity index (χ0v) is 27.0. The van der Waals surface area contributed by atoms with E-state index in [1.807, 2.05) is 37.3 Å². The molecule has 246 valence electrons. The summed E-state index contributed by atoms with van der Waals surface area (Å²) in [5.41, 5.74) is 3.36. The lowest BCUT2D eigenvalue weighted by molar-refractivity contribution is -0.131. The van der Waals surface area contributed by atoms with Crippen molar-refractivity contribution in [2.45, 2.75) is 33.3 Å². The molecule has 1 heterocycles. The lowest BCUT2D eigenvalue weighted by Gasteiger charge is -2.30. The van der Waals surface area contributed by atoms with Gasteiger partial charge >= 0.3 is 12.0 Å². The van der Waals surface area contributed by atoms with Crippen LogP contribution in [0.5, 0.6) is 11.5 Å². The Bertz CT molecular complexity index is 1460. The summed E-state index contributed by atoms with van der Waals surface area (Å²) in [7, 11) is 1.52. The van der Waals surface area contributed by atoms with Crippen LogP contribution in [0.4, 0.5) is 16.2 Å². The number of esters is 1. The molecule has 0 aromatic heterocycles. The molecular formula is C35H44N4O7. The maximum absolute atomic E-state index is 13.6. The van der Waals surface area contributed by atoms with Crippen molar-refractivity contribution in [3.8, 4) is 11.5 Å². The van der Waals surface area contributed by atoms with Crippen LogP contribution in [0, 0.1) is 6.92 Å². The Labute approximate surface area is 270 Å². The first-order valence-corrected chi connectivity index (χ1v) is 15.5. The number of para-hydroxylation sites is 1. The molecule has 0 atom stereocenters. The quantitative estimate of drug-likeness (QED) is 0.239. The van der Waals surface area contributed by atoms with Gasteiger partial charge in [0.1, 0.15) is 18.1 Å². The van der Waals surface area contributed by atoms with Gasteiger partial charge in [-0.1, -0.05) is 24.3 Å². The molecule has 3 aromatic rings. The molecule has 11 nitrogen and oxygen atoms in total. The van der Waals surface area contributed by atoms with Crippen molar-refractivity contribution < 1.29 is 33.3 Å². The summed E-state index contributed by atoms with van der Waals surface area (Å²) >= 11 is 0. The Morgan fingerprint density at radius 3 is 2.35 bits per heavy atom. The van der Waals surface area contributed by atoms with Crippen LogP contribution in [0.3, 0.4) is 0 Å². The van der Waals surface area contributed by atoms with Gasteiger partial charge in [0.15, 0.2) is 0 Å². The summed E-state index contributed by atoms with van der Waals surface area (Å²) in [5.74, 6) is 0.617. The van der Waals surface area contributed by atoms with Gasteiger partial charge in [-0.15, -0.1) is 0 Å². The molecule has 1 aliphatic heterocycles. The Morgan fingerprint density at radius 1 is 0.935 bits per heavy atom. The molecule has 0 radical (unpaired) electrons. The van der Waals surface area contributed by atoms with E-state index in [2.05, 4.69) is 15.5 Å². The van der Waals surface area contributed by atoms with Crippen molar-refractivity contribution in [3.63, 3.8) is 0 Å². The third-order valence-electron chi connectivity index (χ3n) is 7.47. The molecule has 0 aliphatic carbocycles. The molecule has 1 aliphatic rings. The number of urea groups is 1. The van der Waals surface area contributed by atoms with Gasteiger partial charge in [0.2, 0.25) is 5.91 Å². The second kappa shape index (κ2) is 17.2. The lowest BCUT2D eigenvalue weighted by atomic mass is 10.1. The molecule has 0 unspecified atom stereocenters. The van der Waals surface area contributed by atoms with E-state index in [1.165, 1.54) is 7.11 Å².